The van der Waals surface area contributed by atoms with E-state index in [2.05, 4.69) is 42.4 Å². The Morgan fingerprint density at radius 3 is 3.04 bits per heavy atom. The smallest absolute Gasteiger partial charge is 0.226 e. The summed E-state index contributed by atoms with van der Waals surface area (Å²) in [5.41, 5.74) is 8.11. The Balaban J connectivity index is 1.88. The van der Waals surface area contributed by atoms with Gasteiger partial charge in [-0.25, -0.2) is 0 Å². The van der Waals surface area contributed by atoms with Gasteiger partial charge in [-0.15, -0.1) is 0 Å². The monoisotopic (exact) mass is 311 g/mol. The van der Waals surface area contributed by atoms with E-state index in [0.717, 1.165) is 18.3 Å². The van der Waals surface area contributed by atoms with E-state index >= 15 is 0 Å². The Morgan fingerprint density at radius 1 is 1.39 bits per heavy atom. The van der Waals surface area contributed by atoms with Crippen molar-refractivity contribution in [1.29, 1.82) is 0 Å². The first-order valence-corrected chi connectivity index (χ1v) is 8.83. The van der Waals surface area contributed by atoms with E-state index in [1.807, 2.05) is 4.68 Å². The number of likely N-dealkylation sites (tertiary alicyclic amines) is 1. The molecule has 1 amide bonds. The maximum absolute atomic E-state index is 11.0. The lowest BCUT2D eigenvalue weighted by atomic mass is 9.74. The largest absolute Gasteiger partial charge is 0.299 e. The standard InChI is InChI=1S/C19H25N3O/c1-3-9-21-10-5-7-14-15-6-4-8-17-19(15)16(11-18(14)21)13(2)22(17)20-12-23/h4,6,8,12,14,18H,3,5,7,9-11H2,1-2H3,(H,20,23)/t14-,18-/m1/s1. The Labute approximate surface area is 137 Å². The fourth-order valence-electron chi connectivity index (χ4n) is 4.88. The van der Waals surface area contributed by atoms with Gasteiger partial charge in [-0.05, 0) is 62.9 Å². The number of piperidine rings is 1. The summed E-state index contributed by atoms with van der Waals surface area (Å²) in [6.45, 7) is 6.82. The highest BCUT2D eigenvalue weighted by molar-refractivity contribution is 5.91. The number of benzene rings is 1. The summed E-state index contributed by atoms with van der Waals surface area (Å²) in [4.78, 5) is 13.7. The number of nitrogens with zero attached hydrogens (tertiary/aromatic N) is 2. The van der Waals surface area contributed by atoms with Crippen molar-refractivity contribution in [1.82, 2.24) is 9.58 Å². The topological polar surface area (TPSA) is 37.3 Å². The maximum Gasteiger partial charge on any atom is 0.226 e. The minimum atomic E-state index is 0.618. The fraction of sp³-hybridized carbons (Fsp3) is 0.526. The number of carbonyl (C=O) groups is 1. The molecule has 4 rings (SSSR count). The molecule has 0 unspecified atom stereocenters. The van der Waals surface area contributed by atoms with Crippen molar-refractivity contribution in [3.05, 3.63) is 35.0 Å². The van der Waals surface area contributed by atoms with Crippen molar-refractivity contribution in [3.63, 3.8) is 0 Å². The van der Waals surface area contributed by atoms with Crippen molar-refractivity contribution in [2.45, 2.75) is 51.5 Å². The van der Waals surface area contributed by atoms with Crippen LogP contribution in [0.15, 0.2) is 18.2 Å². The van der Waals surface area contributed by atoms with Crippen LogP contribution in [0.5, 0.6) is 0 Å². The second-order valence-electron chi connectivity index (χ2n) is 6.94. The van der Waals surface area contributed by atoms with E-state index in [4.69, 9.17) is 0 Å². The van der Waals surface area contributed by atoms with Crippen molar-refractivity contribution in [2.75, 3.05) is 18.5 Å². The molecule has 0 radical (unpaired) electrons. The molecule has 4 heteroatoms. The van der Waals surface area contributed by atoms with Gasteiger partial charge < -0.3 is 0 Å². The van der Waals surface area contributed by atoms with Crippen LogP contribution < -0.4 is 5.43 Å². The van der Waals surface area contributed by atoms with Crippen molar-refractivity contribution >= 4 is 17.3 Å². The lowest BCUT2D eigenvalue weighted by Gasteiger charge is -2.44. The van der Waals surface area contributed by atoms with Crippen LogP contribution in [0.2, 0.25) is 0 Å². The van der Waals surface area contributed by atoms with Crippen LogP contribution in [0.25, 0.3) is 10.9 Å². The molecule has 122 valence electrons. The van der Waals surface area contributed by atoms with E-state index in [1.165, 1.54) is 54.6 Å². The fourth-order valence-corrected chi connectivity index (χ4v) is 4.88. The van der Waals surface area contributed by atoms with Crippen LogP contribution in [0.1, 0.15) is 48.9 Å². The van der Waals surface area contributed by atoms with Gasteiger partial charge in [0.05, 0.1) is 5.52 Å². The average Bonchev–Trinajstić information content (AvgIpc) is 2.84. The Hall–Kier alpha value is -1.81. The molecule has 2 aliphatic rings. The number of carbonyl (C=O) groups excluding carboxylic acids is 1. The molecule has 4 nitrogen and oxygen atoms in total. The van der Waals surface area contributed by atoms with E-state index < -0.39 is 0 Å². The number of hydrogen-bond donors (Lipinski definition) is 1. The summed E-state index contributed by atoms with van der Waals surface area (Å²) in [5.74, 6) is 0.637. The van der Waals surface area contributed by atoms with Gasteiger partial charge in [0.1, 0.15) is 0 Å². The van der Waals surface area contributed by atoms with Gasteiger partial charge in [-0.3, -0.25) is 19.8 Å². The van der Waals surface area contributed by atoms with Gasteiger partial charge in [0.25, 0.3) is 0 Å². The molecule has 2 heterocycles. The van der Waals surface area contributed by atoms with Crippen LogP contribution in [0, 0.1) is 6.92 Å². The zero-order valence-corrected chi connectivity index (χ0v) is 14.0. The molecular weight excluding hydrogens is 286 g/mol. The molecule has 2 aromatic rings. The van der Waals surface area contributed by atoms with Gasteiger partial charge in [0.2, 0.25) is 6.41 Å². The molecule has 23 heavy (non-hydrogen) atoms. The summed E-state index contributed by atoms with van der Waals surface area (Å²) in [5, 5.41) is 1.39. The zero-order valence-electron chi connectivity index (χ0n) is 14.0. The minimum Gasteiger partial charge on any atom is -0.299 e. The second-order valence-corrected chi connectivity index (χ2v) is 6.94. The number of aromatic nitrogens is 1. The summed E-state index contributed by atoms with van der Waals surface area (Å²) >= 11 is 0. The molecule has 0 saturated carbocycles. The Bertz CT molecular complexity index is 747. The van der Waals surface area contributed by atoms with Crippen LogP contribution in [0.3, 0.4) is 0 Å². The molecule has 2 atom stereocenters. The maximum atomic E-state index is 11.0. The van der Waals surface area contributed by atoms with Crippen LogP contribution in [-0.4, -0.2) is 35.1 Å². The van der Waals surface area contributed by atoms with Crippen LogP contribution >= 0.6 is 0 Å². The van der Waals surface area contributed by atoms with Crippen LogP contribution in [-0.2, 0) is 11.2 Å². The molecule has 1 N–H and O–H groups in total. The Morgan fingerprint density at radius 2 is 2.26 bits per heavy atom. The van der Waals surface area contributed by atoms with Gasteiger partial charge in [0.15, 0.2) is 0 Å². The van der Waals surface area contributed by atoms with E-state index in [9.17, 15) is 4.79 Å². The molecule has 0 spiro atoms. The SMILES string of the molecule is CCCN1CCC[C@@H]2c3cccc4c3c(c(C)n4NC=O)C[C@H]21. The Kier molecular flexibility index (Phi) is 3.64. The quantitative estimate of drug-likeness (QED) is 0.881. The van der Waals surface area contributed by atoms with Gasteiger partial charge in [-0.2, -0.15) is 0 Å². The van der Waals surface area contributed by atoms with Gasteiger partial charge >= 0.3 is 0 Å². The first-order valence-electron chi connectivity index (χ1n) is 8.83. The zero-order chi connectivity index (χ0) is 16.0. The second kappa shape index (κ2) is 5.68. The first-order chi connectivity index (χ1) is 11.3. The normalized spacial score (nSPS) is 23.7. The molecule has 1 saturated heterocycles. The predicted molar refractivity (Wildman–Crippen MR) is 93.4 cm³/mol. The van der Waals surface area contributed by atoms with Gasteiger partial charge in [0, 0.05) is 23.0 Å². The summed E-state index contributed by atoms with van der Waals surface area (Å²) in [7, 11) is 0. The summed E-state index contributed by atoms with van der Waals surface area (Å²) in [6, 6.07) is 7.19. The predicted octanol–water partition coefficient (Wildman–Crippen LogP) is 3.16. The highest BCUT2D eigenvalue weighted by atomic mass is 16.1. The van der Waals surface area contributed by atoms with E-state index in [0.29, 0.717) is 12.0 Å². The number of nitrogens with one attached hydrogen (secondary N) is 1. The number of fused-ring (bicyclic) bond motifs is 2. The highest BCUT2D eigenvalue weighted by Gasteiger charge is 2.38. The first kappa shape index (κ1) is 14.8. The molecular formula is C19H25N3O. The molecule has 1 aromatic carbocycles. The number of hydrogen-bond acceptors (Lipinski definition) is 2. The minimum absolute atomic E-state index is 0.618. The molecule has 1 aliphatic carbocycles. The van der Waals surface area contributed by atoms with Crippen molar-refractivity contribution < 1.29 is 4.79 Å². The van der Waals surface area contributed by atoms with E-state index in [-0.39, 0.29) is 0 Å². The van der Waals surface area contributed by atoms with Crippen molar-refractivity contribution in [2.24, 2.45) is 0 Å². The summed E-state index contributed by atoms with van der Waals surface area (Å²) < 4.78 is 1.96. The molecule has 1 aliphatic heterocycles. The van der Waals surface area contributed by atoms with E-state index in [1.54, 1.807) is 0 Å². The summed E-state index contributed by atoms with van der Waals surface area (Å²) in [6.07, 6.45) is 5.68. The van der Waals surface area contributed by atoms with Gasteiger partial charge in [-0.1, -0.05) is 19.1 Å². The molecule has 1 aromatic heterocycles. The number of amides is 1. The van der Waals surface area contributed by atoms with Crippen molar-refractivity contribution in [3.8, 4) is 0 Å². The lowest BCUT2D eigenvalue weighted by Crippen LogP contribution is -2.47. The third kappa shape index (κ3) is 2.12. The third-order valence-corrected chi connectivity index (χ3v) is 5.79. The number of rotatable bonds is 4. The molecule has 1 fully saturated rings. The highest BCUT2D eigenvalue weighted by Crippen LogP contribution is 2.45. The third-order valence-electron chi connectivity index (χ3n) is 5.79. The van der Waals surface area contributed by atoms with Crippen LogP contribution in [0.4, 0.5) is 0 Å². The average molecular weight is 311 g/mol. The lowest BCUT2D eigenvalue weighted by molar-refractivity contribution is -0.106. The molecule has 0 bridgehead atoms.